The number of anilines is 1. The SMILES string of the molecule is CCCN1CCC[C@@H](n2c(=O)n(-c3ccc(Oc4ccccc4)cc3)c3c(N)nccc32)C1. The molecular weight excluding hydrogens is 414 g/mol. The minimum absolute atomic E-state index is 0.0789. The molecule has 2 aromatic heterocycles. The zero-order valence-corrected chi connectivity index (χ0v) is 18.9. The molecule has 2 aromatic carbocycles. The molecule has 7 heteroatoms. The van der Waals surface area contributed by atoms with E-state index in [4.69, 9.17) is 10.5 Å². The average molecular weight is 444 g/mol. The van der Waals surface area contributed by atoms with E-state index in [1.54, 1.807) is 10.8 Å². The van der Waals surface area contributed by atoms with Crippen molar-refractivity contribution in [3.05, 3.63) is 77.3 Å². The Morgan fingerprint density at radius 2 is 1.82 bits per heavy atom. The van der Waals surface area contributed by atoms with Crippen LogP contribution in [0.5, 0.6) is 11.5 Å². The van der Waals surface area contributed by atoms with Crippen molar-refractivity contribution in [1.82, 2.24) is 19.0 Å². The summed E-state index contributed by atoms with van der Waals surface area (Å²) in [5, 5.41) is 0. The van der Waals surface area contributed by atoms with Gasteiger partial charge in [-0.2, -0.15) is 0 Å². The van der Waals surface area contributed by atoms with Crippen LogP contribution in [0.2, 0.25) is 0 Å². The van der Waals surface area contributed by atoms with Crippen LogP contribution in [0.15, 0.2) is 71.7 Å². The van der Waals surface area contributed by atoms with Gasteiger partial charge in [0.15, 0.2) is 0 Å². The largest absolute Gasteiger partial charge is 0.457 e. The van der Waals surface area contributed by atoms with Crippen LogP contribution in [0.3, 0.4) is 0 Å². The van der Waals surface area contributed by atoms with Crippen LogP contribution < -0.4 is 16.2 Å². The summed E-state index contributed by atoms with van der Waals surface area (Å²) in [5.74, 6) is 1.82. The Bertz CT molecular complexity index is 1290. The zero-order chi connectivity index (χ0) is 22.8. The predicted molar refractivity (Wildman–Crippen MR) is 131 cm³/mol. The highest BCUT2D eigenvalue weighted by atomic mass is 16.5. The number of rotatable bonds is 6. The van der Waals surface area contributed by atoms with E-state index in [0.717, 1.165) is 55.9 Å². The number of nitrogen functional groups attached to an aromatic ring is 1. The van der Waals surface area contributed by atoms with Gasteiger partial charge in [0.05, 0.1) is 17.2 Å². The maximum atomic E-state index is 13.8. The second kappa shape index (κ2) is 9.11. The first-order valence-corrected chi connectivity index (χ1v) is 11.6. The van der Waals surface area contributed by atoms with Gasteiger partial charge in [0, 0.05) is 12.7 Å². The fourth-order valence-electron chi connectivity index (χ4n) is 4.83. The topological polar surface area (TPSA) is 78.3 Å². The van der Waals surface area contributed by atoms with Gasteiger partial charge in [-0.1, -0.05) is 25.1 Å². The van der Waals surface area contributed by atoms with Gasteiger partial charge in [-0.15, -0.1) is 0 Å². The Morgan fingerprint density at radius 3 is 2.58 bits per heavy atom. The van der Waals surface area contributed by atoms with E-state index in [0.29, 0.717) is 17.1 Å². The van der Waals surface area contributed by atoms with Gasteiger partial charge < -0.3 is 15.4 Å². The first-order valence-electron chi connectivity index (χ1n) is 11.6. The molecule has 1 aliphatic rings. The van der Waals surface area contributed by atoms with Gasteiger partial charge in [-0.25, -0.2) is 9.78 Å². The van der Waals surface area contributed by atoms with E-state index in [9.17, 15) is 4.79 Å². The first kappa shape index (κ1) is 21.3. The van der Waals surface area contributed by atoms with Crippen LogP contribution in [-0.4, -0.2) is 38.7 Å². The fourth-order valence-corrected chi connectivity index (χ4v) is 4.83. The molecule has 1 atom stereocenters. The standard InChI is InChI=1S/C26H29N5O2/c1-2-16-29-17-6-7-20(18-29)30-23-14-15-28-25(27)24(23)31(26(30)32)19-10-12-22(13-11-19)33-21-8-4-3-5-9-21/h3-5,8-15,20H,2,6-7,16-18H2,1H3,(H2,27,28)/t20-/m1/s1. The highest BCUT2D eigenvalue weighted by Crippen LogP contribution is 2.29. The van der Waals surface area contributed by atoms with Crippen molar-refractivity contribution in [2.24, 2.45) is 0 Å². The molecule has 0 unspecified atom stereocenters. The number of nitrogens with zero attached hydrogens (tertiary/aromatic N) is 4. The fraction of sp³-hybridized carbons (Fsp3) is 0.308. The Balaban J connectivity index is 1.55. The molecule has 1 saturated heterocycles. The normalized spacial score (nSPS) is 16.8. The van der Waals surface area contributed by atoms with Gasteiger partial charge in [0.25, 0.3) is 0 Å². The van der Waals surface area contributed by atoms with Crippen LogP contribution in [0, 0.1) is 0 Å². The number of para-hydroxylation sites is 1. The van der Waals surface area contributed by atoms with Crippen LogP contribution >= 0.6 is 0 Å². The first-order chi connectivity index (χ1) is 16.2. The van der Waals surface area contributed by atoms with E-state index in [1.165, 1.54) is 0 Å². The number of hydrogen-bond acceptors (Lipinski definition) is 5. The van der Waals surface area contributed by atoms with E-state index in [1.807, 2.05) is 65.2 Å². The zero-order valence-electron chi connectivity index (χ0n) is 18.9. The summed E-state index contributed by atoms with van der Waals surface area (Å²) in [6.07, 6.45) is 4.85. The Kier molecular flexibility index (Phi) is 5.88. The molecule has 1 fully saturated rings. The molecule has 170 valence electrons. The van der Waals surface area contributed by atoms with Gasteiger partial charge in [-0.3, -0.25) is 9.13 Å². The van der Waals surface area contributed by atoms with Gasteiger partial charge in [0.2, 0.25) is 0 Å². The minimum Gasteiger partial charge on any atom is -0.457 e. The summed E-state index contributed by atoms with van der Waals surface area (Å²) in [4.78, 5) is 20.5. The molecule has 0 aliphatic carbocycles. The number of imidazole rings is 1. The third-order valence-corrected chi connectivity index (χ3v) is 6.27. The number of aromatic nitrogens is 3. The molecule has 3 heterocycles. The Hall–Kier alpha value is -3.58. The molecular formula is C26H29N5O2. The molecule has 1 aliphatic heterocycles. The average Bonchev–Trinajstić information content (AvgIpc) is 3.14. The Labute approximate surface area is 193 Å². The second-order valence-electron chi connectivity index (χ2n) is 8.56. The van der Waals surface area contributed by atoms with Crippen molar-refractivity contribution in [3.63, 3.8) is 0 Å². The van der Waals surface area contributed by atoms with Crippen LogP contribution in [0.1, 0.15) is 32.2 Å². The van der Waals surface area contributed by atoms with Crippen molar-refractivity contribution in [3.8, 4) is 17.2 Å². The van der Waals surface area contributed by atoms with E-state index < -0.39 is 0 Å². The highest BCUT2D eigenvalue weighted by molar-refractivity contribution is 5.87. The van der Waals surface area contributed by atoms with Crippen molar-refractivity contribution < 1.29 is 4.74 Å². The third-order valence-electron chi connectivity index (χ3n) is 6.27. The van der Waals surface area contributed by atoms with Crippen molar-refractivity contribution >= 4 is 16.9 Å². The number of nitrogens with two attached hydrogens (primary N) is 1. The predicted octanol–water partition coefficient (Wildman–Crippen LogP) is 4.61. The lowest BCUT2D eigenvalue weighted by Crippen LogP contribution is -2.40. The summed E-state index contributed by atoms with van der Waals surface area (Å²) in [6.45, 7) is 5.21. The molecule has 7 nitrogen and oxygen atoms in total. The van der Waals surface area contributed by atoms with Gasteiger partial charge >= 0.3 is 5.69 Å². The maximum Gasteiger partial charge on any atom is 0.334 e. The molecule has 2 N–H and O–H groups in total. The smallest absolute Gasteiger partial charge is 0.334 e. The number of pyridine rings is 1. The lowest BCUT2D eigenvalue weighted by molar-refractivity contribution is 0.177. The number of benzene rings is 2. The lowest BCUT2D eigenvalue weighted by atomic mass is 10.1. The highest BCUT2D eigenvalue weighted by Gasteiger charge is 2.27. The molecule has 33 heavy (non-hydrogen) atoms. The minimum atomic E-state index is -0.0789. The monoisotopic (exact) mass is 443 g/mol. The van der Waals surface area contributed by atoms with Crippen LogP contribution in [-0.2, 0) is 0 Å². The molecule has 0 radical (unpaired) electrons. The quantitative estimate of drug-likeness (QED) is 0.471. The van der Waals surface area contributed by atoms with Crippen LogP contribution in [0.4, 0.5) is 5.82 Å². The van der Waals surface area contributed by atoms with Crippen molar-refractivity contribution in [1.29, 1.82) is 0 Å². The lowest BCUT2D eigenvalue weighted by Gasteiger charge is -2.33. The van der Waals surface area contributed by atoms with Crippen molar-refractivity contribution in [2.45, 2.75) is 32.2 Å². The maximum absolute atomic E-state index is 13.8. The van der Waals surface area contributed by atoms with E-state index >= 15 is 0 Å². The van der Waals surface area contributed by atoms with Crippen LogP contribution in [0.25, 0.3) is 16.7 Å². The summed E-state index contributed by atoms with van der Waals surface area (Å²) in [7, 11) is 0. The number of piperidine rings is 1. The summed E-state index contributed by atoms with van der Waals surface area (Å²) in [6, 6.07) is 19.2. The molecule has 0 saturated carbocycles. The molecule has 0 bridgehead atoms. The van der Waals surface area contributed by atoms with Crippen molar-refractivity contribution in [2.75, 3.05) is 25.4 Å². The third kappa shape index (κ3) is 4.12. The number of likely N-dealkylation sites (tertiary alicyclic amines) is 1. The van der Waals surface area contributed by atoms with E-state index in [2.05, 4.69) is 16.8 Å². The molecule has 5 rings (SSSR count). The summed E-state index contributed by atoms with van der Waals surface area (Å²) >= 11 is 0. The molecule has 0 amide bonds. The molecule has 4 aromatic rings. The number of hydrogen-bond donors (Lipinski definition) is 1. The molecule has 0 spiro atoms. The van der Waals surface area contributed by atoms with Gasteiger partial charge in [-0.05, 0) is 74.8 Å². The number of ether oxygens (including phenoxy) is 1. The van der Waals surface area contributed by atoms with Gasteiger partial charge in [0.1, 0.15) is 22.8 Å². The van der Waals surface area contributed by atoms with E-state index in [-0.39, 0.29) is 11.7 Å². The Morgan fingerprint density at radius 1 is 1.06 bits per heavy atom. The summed E-state index contributed by atoms with van der Waals surface area (Å²) < 4.78 is 9.51. The second-order valence-corrected chi connectivity index (χ2v) is 8.56. The summed E-state index contributed by atoms with van der Waals surface area (Å²) in [5.41, 5.74) is 8.45. The number of fused-ring (bicyclic) bond motifs is 1.